The van der Waals surface area contributed by atoms with Gasteiger partial charge in [0.25, 0.3) is 0 Å². The number of alkyl halides is 1. The molecule has 1 aliphatic rings. The molecule has 3 rings (SSSR count). The second kappa shape index (κ2) is 13.4. The van der Waals surface area contributed by atoms with Crippen LogP contribution in [-0.2, 0) is 16.0 Å². The molecule has 1 aliphatic carbocycles. The van der Waals surface area contributed by atoms with Crippen molar-refractivity contribution in [2.24, 2.45) is 0 Å². The standard InChI is InChI=1S/C28H39FN2O2/c1-3-5-7-8-9-21-19-30-27(31-20-21)24-13-11-22(12-14-24)23-15-17-25(18-16-23)33-28(32)26(29)10-6-4-2/h11-14,19-20,23,25-26H,3-10,15-18H2,1-2H3/t23-,25-,26-/m0/s1. The van der Waals surface area contributed by atoms with E-state index in [2.05, 4.69) is 41.2 Å². The summed E-state index contributed by atoms with van der Waals surface area (Å²) in [5.41, 5.74) is 3.52. The van der Waals surface area contributed by atoms with E-state index in [4.69, 9.17) is 4.74 Å². The maximum absolute atomic E-state index is 13.9. The average molecular weight is 455 g/mol. The van der Waals surface area contributed by atoms with Crippen molar-refractivity contribution in [3.8, 4) is 11.4 Å². The monoisotopic (exact) mass is 454 g/mol. The first-order chi connectivity index (χ1) is 16.1. The van der Waals surface area contributed by atoms with Crippen molar-refractivity contribution in [2.45, 2.75) is 109 Å². The summed E-state index contributed by atoms with van der Waals surface area (Å²) in [7, 11) is 0. The smallest absolute Gasteiger partial charge is 0.340 e. The summed E-state index contributed by atoms with van der Waals surface area (Å²) in [6.07, 6.45) is 13.7. The summed E-state index contributed by atoms with van der Waals surface area (Å²) in [6, 6.07) is 8.52. The Hall–Kier alpha value is -2.30. The van der Waals surface area contributed by atoms with E-state index in [9.17, 15) is 9.18 Å². The third kappa shape index (κ3) is 7.90. The van der Waals surface area contributed by atoms with Crippen LogP contribution in [0.1, 0.15) is 102 Å². The minimum Gasteiger partial charge on any atom is -0.460 e. The fourth-order valence-corrected chi connectivity index (χ4v) is 4.55. The molecule has 4 nitrogen and oxygen atoms in total. The number of unbranched alkanes of at least 4 members (excludes halogenated alkanes) is 4. The van der Waals surface area contributed by atoms with Crippen molar-refractivity contribution in [1.82, 2.24) is 9.97 Å². The normalized spacial score (nSPS) is 19.2. The third-order valence-corrected chi connectivity index (χ3v) is 6.69. The minimum atomic E-state index is -1.48. The van der Waals surface area contributed by atoms with E-state index in [0.29, 0.717) is 12.3 Å². The Morgan fingerprint density at radius 1 is 0.970 bits per heavy atom. The largest absolute Gasteiger partial charge is 0.460 e. The van der Waals surface area contributed by atoms with Crippen LogP contribution in [0.3, 0.4) is 0 Å². The van der Waals surface area contributed by atoms with Crippen LogP contribution in [0.4, 0.5) is 4.39 Å². The lowest BCUT2D eigenvalue weighted by atomic mass is 9.82. The quantitative estimate of drug-likeness (QED) is 0.248. The molecule has 0 saturated heterocycles. The van der Waals surface area contributed by atoms with Crippen LogP contribution >= 0.6 is 0 Å². The predicted molar refractivity (Wildman–Crippen MR) is 131 cm³/mol. The molecule has 1 heterocycles. The van der Waals surface area contributed by atoms with Crippen LogP contribution in [0.2, 0.25) is 0 Å². The molecule has 0 N–H and O–H groups in total. The van der Waals surface area contributed by atoms with Gasteiger partial charge in [-0.05, 0) is 62.0 Å². The number of carbonyl (C=O) groups excluding carboxylic acids is 1. The van der Waals surface area contributed by atoms with Crippen LogP contribution in [0, 0.1) is 0 Å². The van der Waals surface area contributed by atoms with E-state index in [1.807, 2.05) is 19.3 Å². The van der Waals surface area contributed by atoms with Crippen molar-refractivity contribution in [2.75, 3.05) is 0 Å². The molecular weight excluding hydrogens is 415 g/mol. The number of halogens is 1. The summed E-state index contributed by atoms with van der Waals surface area (Å²) in [5.74, 6) is 0.531. The number of nitrogens with zero attached hydrogens (tertiary/aromatic N) is 2. The van der Waals surface area contributed by atoms with Gasteiger partial charge in [0.1, 0.15) is 6.10 Å². The minimum absolute atomic E-state index is 0.151. The zero-order valence-corrected chi connectivity index (χ0v) is 20.3. The van der Waals surface area contributed by atoms with Crippen molar-refractivity contribution < 1.29 is 13.9 Å². The summed E-state index contributed by atoms with van der Waals surface area (Å²) in [6.45, 7) is 4.22. The average Bonchev–Trinajstić information content (AvgIpc) is 2.86. The highest BCUT2D eigenvalue weighted by Crippen LogP contribution is 2.35. The van der Waals surface area contributed by atoms with Crippen LogP contribution in [0.5, 0.6) is 0 Å². The first-order valence-electron chi connectivity index (χ1n) is 12.9. The van der Waals surface area contributed by atoms with Crippen LogP contribution in [-0.4, -0.2) is 28.2 Å². The number of carbonyl (C=O) groups is 1. The van der Waals surface area contributed by atoms with Gasteiger partial charge in [-0.1, -0.05) is 70.2 Å². The first kappa shape index (κ1) is 25.3. The number of aromatic nitrogens is 2. The SMILES string of the molecule is CCCCCCc1cnc(-c2ccc([C@H]3CC[C@H](OC(=O)[C@@H](F)CCCC)CC3)cc2)nc1. The van der Waals surface area contributed by atoms with E-state index in [-0.39, 0.29) is 12.5 Å². The molecule has 0 spiro atoms. The third-order valence-electron chi connectivity index (χ3n) is 6.69. The van der Waals surface area contributed by atoms with Gasteiger partial charge >= 0.3 is 5.97 Å². The highest BCUT2D eigenvalue weighted by molar-refractivity contribution is 5.74. The number of esters is 1. The lowest BCUT2D eigenvalue weighted by Crippen LogP contribution is -2.28. The molecule has 0 unspecified atom stereocenters. The topological polar surface area (TPSA) is 52.1 Å². The molecule has 0 aliphatic heterocycles. The molecule has 1 aromatic heterocycles. The van der Waals surface area contributed by atoms with E-state index in [0.717, 1.165) is 49.9 Å². The maximum Gasteiger partial charge on any atom is 0.340 e. The number of hydrogen-bond acceptors (Lipinski definition) is 4. The van der Waals surface area contributed by atoms with Crippen molar-refractivity contribution in [3.63, 3.8) is 0 Å². The Labute approximate surface area is 198 Å². The Balaban J connectivity index is 1.46. The van der Waals surface area contributed by atoms with Gasteiger partial charge in [-0.2, -0.15) is 0 Å². The van der Waals surface area contributed by atoms with Gasteiger partial charge in [-0.25, -0.2) is 19.2 Å². The van der Waals surface area contributed by atoms with E-state index in [1.54, 1.807) is 0 Å². The molecule has 1 fully saturated rings. The first-order valence-corrected chi connectivity index (χ1v) is 12.9. The van der Waals surface area contributed by atoms with Crippen molar-refractivity contribution >= 4 is 5.97 Å². The molecule has 0 radical (unpaired) electrons. The summed E-state index contributed by atoms with van der Waals surface area (Å²) < 4.78 is 19.3. The molecule has 33 heavy (non-hydrogen) atoms. The molecule has 0 bridgehead atoms. The van der Waals surface area contributed by atoms with Gasteiger partial charge in [0.2, 0.25) is 0 Å². The van der Waals surface area contributed by atoms with Crippen molar-refractivity contribution in [3.05, 3.63) is 47.8 Å². The Morgan fingerprint density at radius 3 is 2.27 bits per heavy atom. The highest BCUT2D eigenvalue weighted by Gasteiger charge is 2.27. The van der Waals surface area contributed by atoms with Gasteiger partial charge in [-0.3, -0.25) is 0 Å². The summed E-state index contributed by atoms with van der Waals surface area (Å²) >= 11 is 0. The molecule has 1 atom stereocenters. The Morgan fingerprint density at radius 2 is 1.64 bits per heavy atom. The zero-order chi connectivity index (χ0) is 23.5. The highest BCUT2D eigenvalue weighted by atomic mass is 19.1. The lowest BCUT2D eigenvalue weighted by Gasteiger charge is -2.29. The van der Waals surface area contributed by atoms with E-state index in [1.165, 1.54) is 36.8 Å². The number of benzene rings is 1. The molecule has 5 heteroatoms. The number of hydrogen-bond donors (Lipinski definition) is 0. The van der Waals surface area contributed by atoms with Gasteiger partial charge in [-0.15, -0.1) is 0 Å². The van der Waals surface area contributed by atoms with Crippen molar-refractivity contribution in [1.29, 1.82) is 0 Å². The molecule has 0 amide bonds. The van der Waals surface area contributed by atoms with Crippen LogP contribution < -0.4 is 0 Å². The fraction of sp³-hybridized carbons (Fsp3) is 0.607. The second-order valence-electron chi connectivity index (χ2n) is 9.37. The van der Waals surface area contributed by atoms with Gasteiger partial charge in [0.05, 0.1) is 0 Å². The molecular formula is C28H39FN2O2. The van der Waals surface area contributed by atoms with Gasteiger partial charge in [0.15, 0.2) is 12.0 Å². The summed E-state index contributed by atoms with van der Waals surface area (Å²) in [5, 5.41) is 0. The Kier molecular flexibility index (Phi) is 10.3. The number of ether oxygens (including phenoxy) is 1. The zero-order valence-electron chi connectivity index (χ0n) is 20.3. The van der Waals surface area contributed by atoms with Gasteiger partial charge in [0, 0.05) is 18.0 Å². The van der Waals surface area contributed by atoms with E-state index >= 15 is 0 Å². The summed E-state index contributed by atoms with van der Waals surface area (Å²) in [4.78, 5) is 21.1. The number of rotatable bonds is 12. The van der Waals surface area contributed by atoms with Crippen LogP contribution in [0.25, 0.3) is 11.4 Å². The predicted octanol–water partition coefficient (Wildman–Crippen LogP) is 7.36. The maximum atomic E-state index is 13.9. The van der Waals surface area contributed by atoms with Crippen LogP contribution in [0.15, 0.2) is 36.7 Å². The van der Waals surface area contributed by atoms with Gasteiger partial charge < -0.3 is 4.74 Å². The van der Waals surface area contributed by atoms with E-state index < -0.39 is 12.1 Å². The molecule has 180 valence electrons. The number of aryl methyl sites for hydroxylation is 1. The lowest BCUT2D eigenvalue weighted by molar-refractivity contribution is -0.157. The molecule has 2 aromatic rings. The Bertz CT molecular complexity index is 830. The molecule has 1 saturated carbocycles. The fourth-order valence-electron chi connectivity index (χ4n) is 4.55. The molecule has 1 aromatic carbocycles. The second-order valence-corrected chi connectivity index (χ2v) is 9.37.